The summed E-state index contributed by atoms with van der Waals surface area (Å²) in [7, 11) is 1.72. The van der Waals surface area contributed by atoms with Gasteiger partial charge in [-0.2, -0.15) is 0 Å². The molecule has 1 aliphatic carbocycles. The molecule has 1 unspecified atom stereocenters. The number of aryl methyl sites for hydroxylation is 1. The Hall–Kier alpha value is -3.30. The van der Waals surface area contributed by atoms with Crippen LogP contribution in [0.15, 0.2) is 30.6 Å². The highest BCUT2D eigenvalue weighted by Crippen LogP contribution is 2.41. The van der Waals surface area contributed by atoms with Gasteiger partial charge in [-0.25, -0.2) is 9.97 Å². The molecule has 1 atom stereocenters. The van der Waals surface area contributed by atoms with Gasteiger partial charge in [-0.3, -0.25) is 9.59 Å². The maximum atomic E-state index is 11.8. The molecule has 0 spiro atoms. The first-order valence-electron chi connectivity index (χ1n) is 13.8. The summed E-state index contributed by atoms with van der Waals surface area (Å²) < 4.78 is 18.9. The second-order valence-corrected chi connectivity index (χ2v) is 11.0. The number of amides is 1. The second kappa shape index (κ2) is 11.4. The lowest BCUT2D eigenvalue weighted by atomic mass is 9.78. The highest BCUT2D eigenvalue weighted by atomic mass is 16.5. The van der Waals surface area contributed by atoms with Crippen molar-refractivity contribution in [3.63, 3.8) is 0 Å². The maximum Gasteiger partial charge on any atom is 0.302 e. The van der Waals surface area contributed by atoms with Crippen LogP contribution in [0.2, 0.25) is 0 Å². The van der Waals surface area contributed by atoms with Crippen LogP contribution in [0.5, 0.6) is 0 Å². The SMILES string of the molecule is COC1(c2cc(C)cc(-n3cc(C4CCC(CCOC(C)=O)CC4)c4cnc(NC(C)=O)cc43)n2)CCOC1. The molecule has 4 heterocycles. The number of carbonyl (C=O) groups excluding carboxylic acids is 2. The smallest absolute Gasteiger partial charge is 0.302 e. The van der Waals surface area contributed by atoms with Crippen LogP contribution >= 0.6 is 0 Å². The summed E-state index contributed by atoms with van der Waals surface area (Å²) in [5, 5.41) is 3.90. The summed E-state index contributed by atoms with van der Waals surface area (Å²) in [4.78, 5) is 32.6. The molecule has 9 heteroatoms. The van der Waals surface area contributed by atoms with E-state index in [-0.39, 0.29) is 11.9 Å². The van der Waals surface area contributed by atoms with E-state index >= 15 is 0 Å². The van der Waals surface area contributed by atoms with Crippen LogP contribution in [-0.4, -0.2) is 53.3 Å². The molecule has 208 valence electrons. The van der Waals surface area contributed by atoms with E-state index < -0.39 is 5.60 Å². The molecule has 1 amide bonds. The zero-order valence-electron chi connectivity index (χ0n) is 23.3. The number of pyridine rings is 2. The van der Waals surface area contributed by atoms with Crippen LogP contribution in [0.3, 0.4) is 0 Å². The summed E-state index contributed by atoms with van der Waals surface area (Å²) in [6, 6.07) is 6.09. The summed E-state index contributed by atoms with van der Waals surface area (Å²) >= 11 is 0. The molecule has 1 N–H and O–H groups in total. The Morgan fingerprint density at radius 1 is 1.18 bits per heavy atom. The van der Waals surface area contributed by atoms with Crippen molar-refractivity contribution < 1.29 is 23.8 Å². The fourth-order valence-corrected chi connectivity index (χ4v) is 6.06. The molecule has 9 nitrogen and oxygen atoms in total. The third-order valence-corrected chi connectivity index (χ3v) is 8.19. The van der Waals surface area contributed by atoms with E-state index in [1.165, 1.54) is 19.4 Å². The number of nitrogens with zero attached hydrogens (tertiary/aromatic N) is 3. The maximum absolute atomic E-state index is 11.8. The minimum atomic E-state index is -0.556. The molecule has 2 fully saturated rings. The van der Waals surface area contributed by atoms with E-state index in [1.54, 1.807) is 7.11 Å². The summed E-state index contributed by atoms with van der Waals surface area (Å²) in [6.07, 6.45) is 10.1. The van der Waals surface area contributed by atoms with Crippen LogP contribution in [0.4, 0.5) is 5.82 Å². The van der Waals surface area contributed by atoms with E-state index in [0.717, 1.165) is 66.5 Å². The van der Waals surface area contributed by atoms with E-state index in [9.17, 15) is 9.59 Å². The number of ether oxygens (including phenoxy) is 3. The molecule has 3 aromatic heterocycles. The van der Waals surface area contributed by atoms with Gasteiger partial charge in [0.1, 0.15) is 17.2 Å². The molecule has 1 aliphatic heterocycles. The minimum Gasteiger partial charge on any atom is -0.466 e. The van der Waals surface area contributed by atoms with E-state index in [1.807, 2.05) is 12.3 Å². The van der Waals surface area contributed by atoms with Gasteiger partial charge in [-0.1, -0.05) is 0 Å². The number of esters is 1. The largest absolute Gasteiger partial charge is 0.466 e. The van der Waals surface area contributed by atoms with Gasteiger partial charge in [0.2, 0.25) is 5.91 Å². The van der Waals surface area contributed by atoms with E-state index in [0.29, 0.717) is 37.5 Å². The average Bonchev–Trinajstić information content (AvgIpc) is 3.54. The highest BCUT2D eigenvalue weighted by molar-refractivity contribution is 5.92. The van der Waals surface area contributed by atoms with Gasteiger partial charge in [0, 0.05) is 57.8 Å². The van der Waals surface area contributed by atoms with Crippen molar-refractivity contribution in [3.8, 4) is 5.82 Å². The van der Waals surface area contributed by atoms with Gasteiger partial charge in [-0.15, -0.1) is 0 Å². The second-order valence-electron chi connectivity index (χ2n) is 11.0. The van der Waals surface area contributed by atoms with Crippen molar-refractivity contribution in [1.82, 2.24) is 14.5 Å². The third kappa shape index (κ3) is 5.84. The molecule has 3 aromatic rings. The Balaban J connectivity index is 1.50. The van der Waals surface area contributed by atoms with Crippen LogP contribution in [-0.2, 0) is 29.4 Å². The Labute approximate surface area is 229 Å². The number of nitrogens with one attached hydrogen (secondary N) is 1. The number of carbonyl (C=O) groups is 2. The van der Waals surface area contributed by atoms with Gasteiger partial charge in [-0.05, 0) is 74.1 Å². The molecule has 5 rings (SSSR count). The zero-order valence-corrected chi connectivity index (χ0v) is 23.3. The predicted octanol–water partition coefficient (Wildman–Crippen LogP) is 5.18. The standard InChI is InChI=1S/C30H38N4O5/c1-19-13-27(30(37-4)10-12-38-18-30)33-29(14-19)34-17-25(24-16-31-28(15-26(24)34)32-20(2)35)23-7-5-22(6-8-23)9-11-39-21(3)36/h13-17,22-23H,5-12,18H2,1-4H3,(H,31,32,35). The van der Waals surface area contributed by atoms with Crippen molar-refractivity contribution in [3.05, 3.63) is 47.4 Å². The molecular weight excluding hydrogens is 496 g/mol. The van der Waals surface area contributed by atoms with Crippen LogP contribution in [0, 0.1) is 12.8 Å². The normalized spacial score (nSPS) is 23.2. The number of aromatic nitrogens is 3. The van der Waals surface area contributed by atoms with Crippen molar-refractivity contribution >= 4 is 28.6 Å². The molecular formula is C30H38N4O5. The van der Waals surface area contributed by atoms with Crippen LogP contribution in [0.1, 0.15) is 75.1 Å². The lowest BCUT2D eigenvalue weighted by Gasteiger charge is -2.28. The summed E-state index contributed by atoms with van der Waals surface area (Å²) in [5.41, 5.74) is 3.61. The van der Waals surface area contributed by atoms with Crippen LogP contribution < -0.4 is 5.32 Å². The van der Waals surface area contributed by atoms with Gasteiger partial charge >= 0.3 is 5.97 Å². The Morgan fingerprint density at radius 3 is 2.64 bits per heavy atom. The first kappa shape index (κ1) is 27.3. The average molecular weight is 535 g/mol. The summed E-state index contributed by atoms with van der Waals surface area (Å²) in [5.74, 6) is 1.90. The minimum absolute atomic E-state index is 0.161. The van der Waals surface area contributed by atoms with Gasteiger partial charge in [0.25, 0.3) is 0 Å². The number of rotatable bonds is 8. The summed E-state index contributed by atoms with van der Waals surface area (Å²) in [6.45, 7) is 6.63. The molecule has 0 radical (unpaired) electrons. The van der Waals surface area contributed by atoms with E-state index in [4.69, 9.17) is 19.2 Å². The van der Waals surface area contributed by atoms with Crippen molar-refractivity contribution in [2.24, 2.45) is 5.92 Å². The van der Waals surface area contributed by atoms with Gasteiger partial charge in [0.15, 0.2) is 0 Å². The molecule has 2 aliphatic rings. The molecule has 1 saturated heterocycles. The lowest BCUT2D eigenvalue weighted by Crippen LogP contribution is -2.30. The Bertz CT molecular complexity index is 1350. The first-order valence-corrected chi connectivity index (χ1v) is 13.8. The molecule has 0 bridgehead atoms. The topological polar surface area (TPSA) is 105 Å². The number of methoxy groups -OCH3 is 1. The van der Waals surface area contributed by atoms with Gasteiger partial charge < -0.3 is 24.1 Å². The van der Waals surface area contributed by atoms with Crippen LogP contribution in [0.25, 0.3) is 16.7 Å². The highest BCUT2D eigenvalue weighted by Gasteiger charge is 2.39. The van der Waals surface area contributed by atoms with Crippen molar-refractivity contribution in [2.75, 3.05) is 32.2 Å². The van der Waals surface area contributed by atoms with Crippen molar-refractivity contribution in [1.29, 1.82) is 0 Å². The first-order chi connectivity index (χ1) is 18.8. The number of hydrogen-bond acceptors (Lipinski definition) is 7. The third-order valence-electron chi connectivity index (χ3n) is 8.19. The molecule has 0 aromatic carbocycles. The molecule has 1 saturated carbocycles. The quantitative estimate of drug-likeness (QED) is 0.397. The number of hydrogen-bond donors (Lipinski definition) is 1. The van der Waals surface area contributed by atoms with Crippen molar-refractivity contribution in [2.45, 2.75) is 70.8 Å². The fourth-order valence-electron chi connectivity index (χ4n) is 6.06. The molecule has 39 heavy (non-hydrogen) atoms. The fraction of sp³-hybridized carbons (Fsp3) is 0.533. The Kier molecular flexibility index (Phi) is 8.00. The van der Waals surface area contributed by atoms with E-state index in [2.05, 4.69) is 40.1 Å². The van der Waals surface area contributed by atoms with Gasteiger partial charge in [0.05, 0.1) is 24.4 Å². The predicted molar refractivity (Wildman–Crippen MR) is 148 cm³/mol. The Morgan fingerprint density at radius 2 is 1.97 bits per heavy atom. The lowest BCUT2D eigenvalue weighted by molar-refractivity contribution is -0.141. The monoisotopic (exact) mass is 534 g/mol. The number of fused-ring (bicyclic) bond motifs is 1. The number of anilines is 1. The zero-order chi connectivity index (χ0) is 27.6.